The van der Waals surface area contributed by atoms with Crippen molar-refractivity contribution in [3.05, 3.63) is 0 Å². The van der Waals surface area contributed by atoms with E-state index in [0.29, 0.717) is 0 Å². The smallest absolute Gasteiger partial charge is 0.323 e. The van der Waals surface area contributed by atoms with Gasteiger partial charge in [0.15, 0.2) is 0 Å². The van der Waals surface area contributed by atoms with E-state index in [1.54, 1.807) is 0 Å². The highest BCUT2D eigenvalue weighted by Gasteiger charge is 2.48. The molecule has 31 heavy (non-hydrogen) atoms. The van der Waals surface area contributed by atoms with Crippen LogP contribution in [0.15, 0.2) is 0 Å². The van der Waals surface area contributed by atoms with Crippen LogP contribution in [0.25, 0.3) is 0 Å². The largest absolute Gasteiger partial charge is 0.391 e. The molecule has 19 nitrogen and oxygen atoms in total. The fourth-order valence-electron chi connectivity index (χ4n) is 2.14. The third-order valence-electron chi connectivity index (χ3n) is 3.51. The first-order valence-corrected chi connectivity index (χ1v) is 8.05. The van der Waals surface area contributed by atoms with Gasteiger partial charge in [-0.05, 0) is 0 Å². The molecule has 0 radical (unpaired) electrons. The van der Waals surface area contributed by atoms with Gasteiger partial charge in [0.25, 0.3) is 11.8 Å². The summed E-state index contributed by atoms with van der Waals surface area (Å²) >= 11 is 0. The van der Waals surface area contributed by atoms with Crippen LogP contribution < -0.4 is 54.0 Å². The van der Waals surface area contributed by atoms with Crippen molar-refractivity contribution >= 4 is 42.0 Å². The van der Waals surface area contributed by atoms with E-state index in [1.165, 1.54) is 0 Å². The molecule has 12 amide bonds. The number of aliphatic hydroxyl groups is 2. The third kappa shape index (κ3) is 6.30. The molecule has 0 saturated carbocycles. The van der Waals surface area contributed by atoms with Crippen LogP contribution >= 0.6 is 0 Å². The summed E-state index contributed by atoms with van der Waals surface area (Å²) in [5.41, 5.74) is 4.38. The lowest BCUT2D eigenvalue weighted by Gasteiger charge is -2.26. The first-order valence-electron chi connectivity index (χ1n) is 8.05. The number of nitrogens with one attached hydrogen (secondary N) is 8. The molecule has 2 aliphatic rings. The minimum atomic E-state index is -2.06. The van der Waals surface area contributed by atoms with Crippen molar-refractivity contribution in [2.24, 2.45) is 11.5 Å². The van der Waals surface area contributed by atoms with Crippen molar-refractivity contribution in [2.75, 3.05) is 19.9 Å². The van der Waals surface area contributed by atoms with Crippen LogP contribution in [0, 0.1) is 0 Å². The maximum absolute atomic E-state index is 11.8. The molecule has 2 saturated heterocycles. The quantitative estimate of drug-likeness (QED) is 0.135. The second kappa shape index (κ2) is 9.89. The Morgan fingerprint density at radius 1 is 0.774 bits per heavy atom. The zero-order valence-corrected chi connectivity index (χ0v) is 15.5. The minimum Gasteiger partial charge on any atom is -0.391 e. The molecule has 172 valence electrons. The summed E-state index contributed by atoms with van der Waals surface area (Å²) in [4.78, 5) is 77.9. The Morgan fingerprint density at radius 3 is 1.32 bits per heavy atom. The highest BCUT2D eigenvalue weighted by Crippen LogP contribution is 2.06. The molecular weight excluding hydrogens is 428 g/mol. The number of urea groups is 5. The van der Waals surface area contributed by atoms with E-state index in [2.05, 4.69) is 22.1 Å². The SMILES string of the molecule is NC(N)=O.O=C(NCNC(=O)NC1(CO)NC(=O)NC1=O)NC1(CO)NC(=O)NC1=O. The molecule has 0 spiro atoms. The van der Waals surface area contributed by atoms with Gasteiger partial charge in [-0.15, -0.1) is 0 Å². The summed E-state index contributed by atoms with van der Waals surface area (Å²) < 4.78 is 0. The summed E-state index contributed by atoms with van der Waals surface area (Å²) in [6, 6.07) is -4.74. The van der Waals surface area contributed by atoms with Crippen LogP contribution in [-0.2, 0) is 9.59 Å². The summed E-state index contributed by atoms with van der Waals surface area (Å²) in [6.45, 7) is -2.38. The van der Waals surface area contributed by atoms with Gasteiger partial charge in [0.1, 0.15) is 0 Å². The number of carbonyl (C=O) groups is 7. The number of hydrogen-bond acceptors (Lipinski definition) is 9. The van der Waals surface area contributed by atoms with Gasteiger partial charge in [0, 0.05) is 0 Å². The molecule has 0 aliphatic carbocycles. The maximum atomic E-state index is 11.8. The molecule has 0 bridgehead atoms. The predicted octanol–water partition coefficient (Wildman–Crippen LogP) is -6.38. The average Bonchev–Trinajstić information content (AvgIpc) is 3.09. The van der Waals surface area contributed by atoms with Crippen LogP contribution in [0.5, 0.6) is 0 Å². The van der Waals surface area contributed by atoms with E-state index in [1.807, 2.05) is 31.9 Å². The van der Waals surface area contributed by atoms with E-state index in [-0.39, 0.29) is 0 Å². The van der Waals surface area contributed by atoms with Gasteiger partial charge < -0.3 is 53.6 Å². The average molecular weight is 448 g/mol. The lowest BCUT2D eigenvalue weighted by molar-refractivity contribution is -0.126. The molecule has 0 aromatic rings. The number of amides is 12. The van der Waals surface area contributed by atoms with Crippen LogP contribution in [0.4, 0.5) is 24.0 Å². The number of aliphatic hydroxyl groups excluding tert-OH is 2. The number of nitrogens with two attached hydrogens (primary N) is 2. The second-order valence-electron chi connectivity index (χ2n) is 5.78. The molecule has 2 fully saturated rings. The summed E-state index contributed by atoms with van der Waals surface area (Å²) in [5.74, 6) is -1.97. The topological polar surface area (TPSA) is 308 Å². The fourth-order valence-corrected chi connectivity index (χ4v) is 2.14. The number of rotatable bonds is 6. The van der Waals surface area contributed by atoms with Crippen LogP contribution in [-0.4, -0.2) is 83.4 Å². The highest BCUT2D eigenvalue weighted by atomic mass is 16.3. The monoisotopic (exact) mass is 448 g/mol. The van der Waals surface area contributed by atoms with Crippen LogP contribution in [0.1, 0.15) is 0 Å². The van der Waals surface area contributed by atoms with Gasteiger partial charge in [0.05, 0.1) is 19.9 Å². The third-order valence-corrected chi connectivity index (χ3v) is 3.51. The number of hydrogen-bond donors (Lipinski definition) is 12. The van der Waals surface area contributed by atoms with Crippen molar-refractivity contribution in [2.45, 2.75) is 11.3 Å². The molecule has 14 N–H and O–H groups in total. The van der Waals surface area contributed by atoms with Gasteiger partial charge >= 0.3 is 30.2 Å². The lowest BCUT2D eigenvalue weighted by Crippen LogP contribution is -2.66. The van der Waals surface area contributed by atoms with Crippen LogP contribution in [0.2, 0.25) is 0 Å². The van der Waals surface area contributed by atoms with Crippen molar-refractivity contribution in [1.29, 1.82) is 0 Å². The molecule has 2 unspecified atom stereocenters. The van der Waals surface area contributed by atoms with Crippen molar-refractivity contribution < 1.29 is 43.8 Å². The molecule has 2 aliphatic heterocycles. The summed E-state index contributed by atoms with van der Waals surface area (Å²) in [6.07, 6.45) is 0. The van der Waals surface area contributed by atoms with Crippen molar-refractivity contribution in [3.63, 3.8) is 0 Å². The Balaban J connectivity index is 0.00000110. The Bertz CT molecular complexity index is 742. The van der Waals surface area contributed by atoms with Gasteiger partial charge in [-0.25, -0.2) is 24.0 Å². The molecule has 0 aromatic heterocycles. The molecule has 0 aromatic carbocycles. The summed E-state index contributed by atoms with van der Waals surface area (Å²) in [7, 11) is 0. The molecule has 2 atom stereocenters. The number of primary amides is 2. The number of imide groups is 2. The van der Waals surface area contributed by atoms with Crippen LogP contribution in [0.3, 0.4) is 0 Å². The first-order chi connectivity index (χ1) is 14.4. The first kappa shape index (κ1) is 24.6. The van der Waals surface area contributed by atoms with E-state index < -0.39 is 73.2 Å². The molecule has 2 heterocycles. The van der Waals surface area contributed by atoms with Crippen molar-refractivity contribution in [3.8, 4) is 0 Å². The van der Waals surface area contributed by atoms with Gasteiger partial charge in [-0.2, -0.15) is 0 Å². The Kier molecular flexibility index (Phi) is 7.86. The normalized spacial score (nSPS) is 23.8. The van der Waals surface area contributed by atoms with E-state index in [9.17, 15) is 39.0 Å². The van der Waals surface area contributed by atoms with E-state index in [0.717, 1.165) is 0 Å². The summed E-state index contributed by atoms with van der Waals surface area (Å²) in [5, 5.41) is 34.4. The molecule has 19 heteroatoms. The Labute approximate surface area is 172 Å². The maximum Gasteiger partial charge on any atom is 0.323 e. The predicted molar refractivity (Wildman–Crippen MR) is 95.0 cm³/mol. The minimum absolute atomic E-state index is 0.522. The zero-order chi connectivity index (χ0) is 23.8. The Hall–Kier alpha value is -4.39. The molecule has 2 rings (SSSR count). The highest BCUT2D eigenvalue weighted by molar-refractivity contribution is 6.09. The van der Waals surface area contributed by atoms with Gasteiger partial charge in [-0.1, -0.05) is 0 Å². The zero-order valence-electron chi connectivity index (χ0n) is 15.5. The Morgan fingerprint density at radius 2 is 1.10 bits per heavy atom. The molecular formula is C12H20N10O9. The van der Waals surface area contributed by atoms with Crippen molar-refractivity contribution in [1.82, 2.24) is 42.5 Å². The number of carbonyl (C=O) groups excluding carboxylic acids is 7. The van der Waals surface area contributed by atoms with E-state index >= 15 is 0 Å². The van der Waals surface area contributed by atoms with Gasteiger partial charge in [0.2, 0.25) is 11.3 Å². The fraction of sp³-hybridized carbons (Fsp3) is 0.417. The standard InChI is InChI=1S/C11H16N8O8.CH4N2O/c20-1-10(4(22)14-8(26)18-10)16-6(24)12-3-13-7(25)17-11(2-21)5(23)15-9(27)19-11;2-1(3)4/h20-21H,1-3H2,(H2,12,16,24)(H2,13,17,25)(H2,14,18,22,26)(H2,15,19,23,27);(H4,2,3,4). The lowest BCUT2D eigenvalue weighted by atomic mass is 10.2. The van der Waals surface area contributed by atoms with Gasteiger partial charge in [-0.3, -0.25) is 20.2 Å². The second-order valence-corrected chi connectivity index (χ2v) is 5.78. The van der Waals surface area contributed by atoms with E-state index in [4.69, 9.17) is 4.79 Å².